The second-order valence-corrected chi connectivity index (χ2v) is 9.39. The smallest absolute Gasteiger partial charge is 0.206 e. The second-order valence-electron chi connectivity index (χ2n) is 8.63. The van der Waals surface area contributed by atoms with E-state index in [-0.39, 0.29) is 0 Å². The number of carbonyl (C=O) groups excluding carboxylic acids is 1. The minimum atomic E-state index is -4.94. The zero-order chi connectivity index (χ0) is 20.1. The summed E-state index contributed by atoms with van der Waals surface area (Å²) in [5.41, 5.74) is 0. The Hall–Kier alpha value is -1.05. The SMILES string of the molecule is O=C(C[n+]1ccccc1)C1CCCC2CC3CCCCC3CC21.[O-][Cl+3]([O-])([O-])[O-]. The highest BCUT2D eigenvalue weighted by molar-refractivity contribution is 5.80. The molecule has 0 aliphatic heterocycles. The summed E-state index contributed by atoms with van der Waals surface area (Å²) >= 11 is 0. The minimum Gasteiger partial charge on any atom is -0.292 e. The number of pyridine rings is 1. The van der Waals surface area contributed by atoms with Crippen molar-refractivity contribution in [3.63, 3.8) is 0 Å². The van der Waals surface area contributed by atoms with Crippen LogP contribution in [0, 0.1) is 39.8 Å². The topological polar surface area (TPSA) is 113 Å². The Bertz CT molecular complexity index is 629. The molecule has 3 fully saturated rings. The third-order valence-electron chi connectivity index (χ3n) is 6.99. The van der Waals surface area contributed by atoms with Gasteiger partial charge in [-0.05, 0) is 42.9 Å². The van der Waals surface area contributed by atoms with Crippen LogP contribution in [0.25, 0.3) is 0 Å². The van der Waals surface area contributed by atoms with Crippen molar-refractivity contribution in [2.75, 3.05) is 0 Å². The molecule has 3 aliphatic carbocycles. The van der Waals surface area contributed by atoms with E-state index in [0.29, 0.717) is 24.2 Å². The Kier molecular flexibility index (Phi) is 7.45. The molecule has 156 valence electrons. The molecule has 28 heavy (non-hydrogen) atoms. The number of Topliss-reactive ketones (excluding diaryl/α,β-unsaturated/α-hetero) is 1. The maximum Gasteiger partial charge on any atom is 0.206 e. The summed E-state index contributed by atoms with van der Waals surface area (Å²) in [5, 5.41) is 0. The highest BCUT2D eigenvalue weighted by atomic mass is 35.7. The minimum absolute atomic E-state index is 0.337. The summed E-state index contributed by atoms with van der Waals surface area (Å²) in [6.45, 7) is 0.572. The molecule has 3 aliphatic rings. The molecule has 5 unspecified atom stereocenters. The molecule has 0 amide bonds. The predicted molar refractivity (Wildman–Crippen MR) is 90.6 cm³/mol. The number of rotatable bonds is 3. The Morgan fingerprint density at radius 3 is 2.04 bits per heavy atom. The van der Waals surface area contributed by atoms with E-state index in [9.17, 15) is 4.79 Å². The van der Waals surface area contributed by atoms with Gasteiger partial charge in [-0.25, -0.2) is 18.6 Å². The van der Waals surface area contributed by atoms with Crippen molar-refractivity contribution in [3.8, 4) is 0 Å². The van der Waals surface area contributed by atoms with E-state index in [4.69, 9.17) is 18.6 Å². The first-order valence-electron chi connectivity index (χ1n) is 10.4. The van der Waals surface area contributed by atoms with Crippen LogP contribution in [0.1, 0.15) is 57.8 Å². The fraction of sp³-hybridized carbons (Fsp3) is 0.714. The van der Waals surface area contributed by atoms with Crippen LogP contribution in [0.5, 0.6) is 0 Å². The number of aromatic nitrogens is 1. The summed E-state index contributed by atoms with van der Waals surface area (Å²) in [6, 6.07) is 6.05. The zero-order valence-corrected chi connectivity index (χ0v) is 17.0. The number of nitrogens with zero attached hydrogens (tertiary/aromatic N) is 1. The highest BCUT2D eigenvalue weighted by Crippen LogP contribution is 2.51. The van der Waals surface area contributed by atoms with Gasteiger partial charge in [-0.3, -0.25) is 4.79 Å². The molecule has 0 bridgehead atoms. The first-order valence-corrected chi connectivity index (χ1v) is 11.6. The molecule has 0 N–H and O–H groups in total. The van der Waals surface area contributed by atoms with E-state index < -0.39 is 10.2 Å². The van der Waals surface area contributed by atoms with Crippen LogP contribution in [-0.4, -0.2) is 5.78 Å². The summed E-state index contributed by atoms with van der Waals surface area (Å²) in [7, 11) is -4.94. The number of hydrogen-bond acceptors (Lipinski definition) is 5. The van der Waals surface area contributed by atoms with E-state index in [2.05, 4.69) is 4.57 Å². The average Bonchev–Trinajstić information content (AvgIpc) is 2.65. The van der Waals surface area contributed by atoms with Crippen molar-refractivity contribution < 1.29 is 38.2 Å². The Morgan fingerprint density at radius 1 is 0.821 bits per heavy atom. The summed E-state index contributed by atoms with van der Waals surface area (Å²) < 4.78 is 36.0. The molecular formula is C21H30ClNO5. The van der Waals surface area contributed by atoms with E-state index in [1.165, 1.54) is 51.4 Å². The molecule has 4 rings (SSSR count). The van der Waals surface area contributed by atoms with E-state index >= 15 is 0 Å². The number of halogens is 1. The van der Waals surface area contributed by atoms with Gasteiger partial charge in [0.25, 0.3) is 0 Å². The van der Waals surface area contributed by atoms with Gasteiger partial charge >= 0.3 is 0 Å². The van der Waals surface area contributed by atoms with Crippen molar-refractivity contribution in [3.05, 3.63) is 30.6 Å². The van der Waals surface area contributed by atoms with Crippen LogP contribution in [0.3, 0.4) is 0 Å². The van der Waals surface area contributed by atoms with Crippen molar-refractivity contribution in [1.82, 2.24) is 0 Å². The van der Waals surface area contributed by atoms with E-state index in [1.54, 1.807) is 0 Å². The molecule has 6 nitrogen and oxygen atoms in total. The number of ketones is 1. The Balaban J connectivity index is 0.000000403. The van der Waals surface area contributed by atoms with Crippen molar-refractivity contribution in [2.45, 2.75) is 64.3 Å². The lowest BCUT2D eigenvalue weighted by atomic mass is 9.56. The molecular weight excluding hydrogens is 382 g/mol. The molecule has 0 saturated heterocycles. The van der Waals surface area contributed by atoms with Crippen molar-refractivity contribution in [2.24, 2.45) is 29.6 Å². The van der Waals surface area contributed by atoms with Crippen LogP contribution in [-0.2, 0) is 11.3 Å². The molecule has 1 aromatic heterocycles. The van der Waals surface area contributed by atoms with Gasteiger partial charge in [0.05, 0.1) is 0 Å². The van der Waals surface area contributed by atoms with Crippen molar-refractivity contribution in [1.29, 1.82) is 0 Å². The lowest BCUT2D eigenvalue weighted by Gasteiger charge is -2.48. The van der Waals surface area contributed by atoms with Gasteiger partial charge in [-0.1, -0.05) is 44.6 Å². The van der Waals surface area contributed by atoms with Gasteiger partial charge in [-0.15, -0.1) is 10.2 Å². The second kappa shape index (κ2) is 9.63. The quantitative estimate of drug-likeness (QED) is 0.617. The van der Waals surface area contributed by atoms with Gasteiger partial charge in [0.1, 0.15) is 0 Å². The van der Waals surface area contributed by atoms with Gasteiger partial charge in [0, 0.05) is 18.1 Å². The third-order valence-corrected chi connectivity index (χ3v) is 6.99. The van der Waals surface area contributed by atoms with Gasteiger partial charge in [-0.2, -0.15) is 4.57 Å². The lowest BCUT2D eigenvalue weighted by molar-refractivity contribution is -2.00. The van der Waals surface area contributed by atoms with Gasteiger partial charge in [0.2, 0.25) is 12.3 Å². The van der Waals surface area contributed by atoms with E-state index in [1.807, 2.05) is 30.6 Å². The monoisotopic (exact) mass is 411 g/mol. The van der Waals surface area contributed by atoms with Crippen LogP contribution in [0.4, 0.5) is 0 Å². The highest BCUT2D eigenvalue weighted by Gasteiger charge is 2.45. The molecule has 3 saturated carbocycles. The van der Waals surface area contributed by atoms with Crippen molar-refractivity contribution >= 4 is 5.78 Å². The van der Waals surface area contributed by atoms with Crippen LogP contribution >= 0.6 is 0 Å². The molecule has 0 radical (unpaired) electrons. The van der Waals surface area contributed by atoms with Gasteiger partial charge in [0.15, 0.2) is 12.4 Å². The third kappa shape index (κ3) is 6.22. The molecule has 7 heteroatoms. The lowest BCUT2D eigenvalue weighted by Crippen LogP contribution is -2.68. The van der Waals surface area contributed by atoms with Crippen LogP contribution in [0.2, 0.25) is 0 Å². The fourth-order valence-corrected chi connectivity index (χ4v) is 5.89. The first kappa shape index (κ1) is 21.7. The maximum absolute atomic E-state index is 13.0. The molecule has 1 heterocycles. The van der Waals surface area contributed by atoms with E-state index in [0.717, 1.165) is 24.2 Å². The first-order chi connectivity index (χ1) is 13.3. The molecule has 0 spiro atoms. The molecule has 0 aromatic carbocycles. The Morgan fingerprint density at radius 2 is 1.39 bits per heavy atom. The Labute approximate surface area is 168 Å². The largest absolute Gasteiger partial charge is 0.292 e. The summed E-state index contributed by atoms with van der Waals surface area (Å²) in [6.07, 6.45) is 16.4. The van der Waals surface area contributed by atoms with Gasteiger partial charge < -0.3 is 0 Å². The predicted octanol–water partition coefficient (Wildman–Crippen LogP) is -0.580. The molecule has 5 atom stereocenters. The van der Waals surface area contributed by atoms with Crippen LogP contribution in [0.15, 0.2) is 30.6 Å². The zero-order valence-electron chi connectivity index (χ0n) is 16.2. The number of fused-ring (bicyclic) bond motifs is 2. The number of carbonyl (C=O) groups is 1. The molecule has 1 aromatic rings. The fourth-order valence-electron chi connectivity index (χ4n) is 5.89. The maximum atomic E-state index is 13.0. The normalized spacial score (nSPS) is 32.4. The summed E-state index contributed by atoms with van der Waals surface area (Å²) in [4.78, 5) is 13.0. The standard InChI is InChI=1S/C21H30NO.ClHO4/c23-21(15-22-11-4-1-5-12-22)19-10-6-9-18-13-16-7-2-3-8-17(16)14-20(18)19;2-1(3,4)5/h1,4-5,11-12,16-20H,2-3,6-10,13-15H2;(H,2,3,4,5)/q+1;/p-1. The average molecular weight is 412 g/mol. The van der Waals surface area contributed by atoms with Crippen LogP contribution < -0.4 is 23.2 Å². The number of hydrogen-bond donors (Lipinski definition) is 0. The summed E-state index contributed by atoms with van der Waals surface area (Å²) in [5.74, 6) is 4.29.